The van der Waals surface area contributed by atoms with Gasteiger partial charge in [0.1, 0.15) is 5.76 Å². The second-order valence-corrected chi connectivity index (χ2v) is 4.43. The molecule has 0 aliphatic rings. The third kappa shape index (κ3) is 2.75. The second kappa shape index (κ2) is 3.96. The molecule has 0 atom stereocenters. The van der Waals surface area contributed by atoms with Crippen LogP contribution in [0.1, 0.15) is 19.6 Å². The van der Waals surface area contributed by atoms with Crippen LogP contribution in [0.3, 0.4) is 0 Å². The van der Waals surface area contributed by atoms with Gasteiger partial charge in [-0.05, 0) is 26.8 Å². The van der Waals surface area contributed by atoms with E-state index < -0.39 is 11.4 Å². The maximum atomic E-state index is 10.9. The maximum Gasteiger partial charge on any atom is 0.310 e. The monoisotopic (exact) mass is 211 g/mol. The smallest absolute Gasteiger partial charge is 0.310 e. The van der Waals surface area contributed by atoms with E-state index in [4.69, 9.17) is 9.52 Å². The van der Waals surface area contributed by atoms with Crippen LogP contribution < -0.4 is 4.90 Å². The zero-order chi connectivity index (χ0) is 11.6. The lowest BCUT2D eigenvalue weighted by Gasteiger charge is -2.26. The highest BCUT2D eigenvalue weighted by Crippen LogP contribution is 2.22. The molecule has 1 aromatic rings. The number of carboxylic acids is 1. The Labute approximate surface area is 89.5 Å². The minimum absolute atomic E-state index is 0.412. The van der Waals surface area contributed by atoms with E-state index in [-0.39, 0.29) is 0 Å². The fourth-order valence-electron chi connectivity index (χ4n) is 1.37. The highest BCUT2D eigenvalue weighted by molar-refractivity contribution is 5.74. The molecule has 4 nitrogen and oxygen atoms in total. The van der Waals surface area contributed by atoms with Gasteiger partial charge in [-0.3, -0.25) is 4.79 Å². The fourth-order valence-corrected chi connectivity index (χ4v) is 1.37. The average Bonchev–Trinajstić information content (AvgIpc) is 2.50. The molecule has 1 aromatic heterocycles. The van der Waals surface area contributed by atoms with Gasteiger partial charge >= 0.3 is 5.97 Å². The van der Waals surface area contributed by atoms with Crippen molar-refractivity contribution >= 4 is 11.9 Å². The number of rotatable bonds is 4. The summed E-state index contributed by atoms with van der Waals surface area (Å²) in [5, 5.41) is 8.98. The Hall–Kier alpha value is -1.45. The van der Waals surface area contributed by atoms with Gasteiger partial charge in [-0.2, -0.15) is 0 Å². The topological polar surface area (TPSA) is 53.7 Å². The molecule has 0 amide bonds. The number of furan rings is 1. The van der Waals surface area contributed by atoms with Crippen LogP contribution in [0, 0.1) is 12.3 Å². The molecule has 0 saturated heterocycles. The zero-order valence-electron chi connectivity index (χ0n) is 9.57. The van der Waals surface area contributed by atoms with Gasteiger partial charge in [0.05, 0.1) is 5.41 Å². The summed E-state index contributed by atoms with van der Waals surface area (Å²) in [6, 6.07) is 3.70. The maximum absolute atomic E-state index is 10.9. The molecule has 0 bridgehead atoms. The molecule has 1 heterocycles. The summed E-state index contributed by atoms with van der Waals surface area (Å²) in [5.74, 6) is 0.712. The van der Waals surface area contributed by atoms with Gasteiger partial charge in [-0.15, -0.1) is 0 Å². The van der Waals surface area contributed by atoms with Gasteiger partial charge in [0.25, 0.3) is 0 Å². The van der Waals surface area contributed by atoms with Gasteiger partial charge in [0.15, 0.2) is 5.88 Å². The minimum atomic E-state index is -0.808. The van der Waals surface area contributed by atoms with Crippen LogP contribution in [-0.2, 0) is 4.79 Å². The summed E-state index contributed by atoms with van der Waals surface area (Å²) in [6.07, 6.45) is 0. The number of nitrogens with zero attached hydrogens (tertiary/aromatic N) is 1. The van der Waals surface area contributed by atoms with Gasteiger partial charge in [-0.1, -0.05) is 0 Å². The van der Waals surface area contributed by atoms with Crippen LogP contribution >= 0.6 is 0 Å². The number of carboxylic acid groups (broad SMARTS) is 1. The summed E-state index contributed by atoms with van der Waals surface area (Å²) < 4.78 is 5.40. The molecule has 4 heteroatoms. The quantitative estimate of drug-likeness (QED) is 0.829. The molecule has 0 aliphatic carbocycles. The van der Waals surface area contributed by atoms with Crippen LogP contribution in [-0.4, -0.2) is 24.7 Å². The largest absolute Gasteiger partial charge is 0.481 e. The summed E-state index contributed by atoms with van der Waals surface area (Å²) in [6.45, 7) is 5.66. The Morgan fingerprint density at radius 3 is 2.53 bits per heavy atom. The van der Waals surface area contributed by atoms with E-state index in [0.29, 0.717) is 12.4 Å². The van der Waals surface area contributed by atoms with E-state index in [1.807, 2.05) is 26.1 Å². The van der Waals surface area contributed by atoms with E-state index in [0.717, 1.165) is 5.76 Å². The van der Waals surface area contributed by atoms with Crippen LogP contribution in [0.4, 0.5) is 5.88 Å². The van der Waals surface area contributed by atoms with Crippen LogP contribution in [0.25, 0.3) is 0 Å². The Morgan fingerprint density at radius 1 is 1.53 bits per heavy atom. The SMILES string of the molecule is Cc1ccc(N(C)CC(C)(C)C(=O)O)o1. The molecule has 15 heavy (non-hydrogen) atoms. The average molecular weight is 211 g/mol. The van der Waals surface area contributed by atoms with Gasteiger partial charge in [0.2, 0.25) is 0 Å². The minimum Gasteiger partial charge on any atom is -0.481 e. The molecule has 0 aliphatic heterocycles. The summed E-state index contributed by atoms with van der Waals surface area (Å²) >= 11 is 0. The molecule has 0 spiro atoms. The van der Waals surface area contributed by atoms with E-state index in [2.05, 4.69) is 0 Å². The van der Waals surface area contributed by atoms with Crippen molar-refractivity contribution in [3.8, 4) is 0 Å². The molecule has 1 rings (SSSR count). The van der Waals surface area contributed by atoms with Crippen molar-refractivity contribution in [2.45, 2.75) is 20.8 Å². The summed E-state index contributed by atoms with van der Waals surface area (Å²) in [5.41, 5.74) is -0.782. The molecule has 1 N–H and O–H groups in total. The van der Waals surface area contributed by atoms with E-state index in [1.165, 1.54) is 0 Å². The fraction of sp³-hybridized carbons (Fsp3) is 0.545. The lowest BCUT2D eigenvalue weighted by Crippen LogP contribution is -2.37. The molecular weight excluding hydrogens is 194 g/mol. The van der Waals surface area contributed by atoms with E-state index in [9.17, 15) is 4.79 Å². The number of anilines is 1. The first-order valence-corrected chi connectivity index (χ1v) is 4.84. The van der Waals surface area contributed by atoms with Gasteiger partial charge < -0.3 is 14.4 Å². The number of aryl methyl sites for hydroxylation is 1. The van der Waals surface area contributed by atoms with Crippen LogP contribution in [0.2, 0.25) is 0 Å². The van der Waals surface area contributed by atoms with Crippen molar-refractivity contribution in [1.82, 2.24) is 0 Å². The van der Waals surface area contributed by atoms with E-state index >= 15 is 0 Å². The Balaban J connectivity index is 2.71. The molecule has 0 radical (unpaired) electrons. The lowest BCUT2D eigenvalue weighted by atomic mass is 9.93. The van der Waals surface area contributed by atoms with Crippen molar-refractivity contribution in [2.24, 2.45) is 5.41 Å². The molecule has 0 aromatic carbocycles. The standard InChI is InChI=1S/C11H17NO3/c1-8-5-6-9(15-8)12(4)7-11(2,3)10(13)14/h5-6H,7H2,1-4H3,(H,13,14). The predicted octanol–water partition coefficient (Wildman–Crippen LogP) is 2.14. The van der Waals surface area contributed by atoms with Crippen molar-refractivity contribution in [1.29, 1.82) is 0 Å². The molecular formula is C11H17NO3. The predicted molar refractivity (Wildman–Crippen MR) is 58.1 cm³/mol. The van der Waals surface area contributed by atoms with Crippen LogP contribution in [0.15, 0.2) is 16.5 Å². The second-order valence-electron chi connectivity index (χ2n) is 4.43. The third-order valence-electron chi connectivity index (χ3n) is 2.31. The Bertz CT molecular complexity index is 354. The van der Waals surface area contributed by atoms with Crippen molar-refractivity contribution in [3.05, 3.63) is 17.9 Å². The van der Waals surface area contributed by atoms with Crippen LogP contribution in [0.5, 0.6) is 0 Å². The summed E-state index contributed by atoms with van der Waals surface area (Å²) in [4.78, 5) is 12.7. The molecule has 84 valence electrons. The van der Waals surface area contributed by atoms with Gasteiger partial charge in [0, 0.05) is 19.7 Å². The number of carbonyl (C=O) groups is 1. The number of aliphatic carboxylic acids is 1. The van der Waals surface area contributed by atoms with Gasteiger partial charge in [-0.25, -0.2) is 0 Å². The summed E-state index contributed by atoms with van der Waals surface area (Å²) in [7, 11) is 1.82. The normalized spacial score (nSPS) is 11.5. The number of hydrogen-bond acceptors (Lipinski definition) is 3. The zero-order valence-corrected chi connectivity index (χ0v) is 9.57. The van der Waals surface area contributed by atoms with Crippen molar-refractivity contribution in [3.63, 3.8) is 0 Å². The first kappa shape index (κ1) is 11.6. The highest BCUT2D eigenvalue weighted by Gasteiger charge is 2.29. The van der Waals surface area contributed by atoms with Crippen molar-refractivity contribution in [2.75, 3.05) is 18.5 Å². The molecule has 0 unspecified atom stereocenters. The Kier molecular flexibility index (Phi) is 3.07. The Morgan fingerprint density at radius 2 is 2.13 bits per heavy atom. The highest BCUT2D eigenvalue weighted by atomic mass is 16.4. The molecule has 0 fully saturated rings. The van der Waals surface area contributed by atoms with Crippen molar-refractivity contribution < 1.29 is 14.3 Å². The first-order valence-electron chi connectivity index (χ1n) is 4.84. The third-order valence-corrected chi connectivity index (χ3v) is 2.31. The number of hydrogen-bond donors (Lipinski definition) is 1. The molecule has 0 saturated carbocycles. The lowest BCUT2D eigenvalue weighted by molar-refractivity contribution is -0.146. The first-order chi connectivity index (χ1) is 6.83. The van der Waals surface area contributed by atoms with E-state index in [1.54, 1.807) is 18.7 Å².